The second-order valence-corrected chi connectivity index (χ2v) is 12.4. The summed E-state index contributed by atoms with van der Waals surface area (Å²) in [5.74, 6) is -1.77. The van der Waals surface area contributed by atoms with Crippen molar-refractivity contribution in [3.05, 3.63) is 52.9 Å². The lowest BCUT2D eigenvalue weighted by Crippen LogP contribution is -2.46. The molecule has 2 aromatic heterocycles. The highest BCUT2D eigenvalue weighted by molar-refractivity contribution is 7.91. The third kappa shape index (κ3) is 5.07. The van der Waals surface area contributed by atoms with Gasteiger partial charge in [-0.15, -0.1) is 0 Å². The van der Waals surface area contributed by atoms with Crippen molar-refractivity contribution in [1.29, 1.82) is 0 Å². The standard InChI is InChI=1S/C25H27ClF3N5O3S/c1-2-32(24(35)17-9-12-38(36,37)13-10-17)23(25(27,28)29)16-5-7-18(8-6-16)33-11-3-4-19-20(33)15-30-22-14-21(26)31-34(19)22/h5-8,14-15,17,23H,2-4,9-13H2,1H3/t23-/m0/s1. The maximum absolute atomic E-state index is 14.4. The molecule has 38 heavy (non-hydrogen) atoms. The minimum Gasteiger partial charge on any atom is -0.339 e. The molecule has 204 valence electrons. The topological polar surface area (TPSA) is 87.9 Å². The average Bonchev–Trinajstić information content (AvgIpc) is 3.26. The fourth-order valence-electron chi connectivity index (χ4n) is 5.42. The number of rotatable bonds is 5. The Labute approximate surface area is 223 Å². The van der Waals surface area contributed by atoms with Gasteiger partial charge < -0.3 is 9.80 Å². The second-order valence-electron chi connectivity index (χ2n) is 9.67. The summed E-state index contributed by atoms with van der Waals surface area (Å²) in [5, 5.41) is 4.64. The Balaban J connectivity index is 1.43. The molecule has 0 radical (unpaired) electrons. The van der Waals surface area contributed by atoms with Crippen LogP contribution >= 0.6 is 11.6 Å². The highest BCUT2D eigenvalue weighted by Gasteiger charge is 2.47. The van der Waals surface area contributed by atoms with Crippen molar-refractivity contribution < 1.29 is 26.4 Å². The lowest BCUT2D eigenvalue weighted by molar-refractivity contribution is -0.193. The second kappa shape index (κ2) is 10.0. The number of carbonyl (C=O) groups is 1. The van der Waals surface area contributed by atoms with Gasteiger partial charge in [0.25, 0.3) is 0 Å². The molecule has 2 aliphatic rings. The molecule has 1 atom stereocenters. The van der Waals surface area contributed by atoms with E-state index in [1.54, 1.807) is 28.9 Å². The molecule has 1 aromatic carbocycles. The Morgan fingerprint density at radius 2 is 1.89 bits per heavy atom. The number of carbonyl (C=O) groups excluding carboxylic acids is 1. The SMILES string of the molecule is CCN(C(=O)C1CCS(=O)(=O)CC1)[C@@H](c1ccc(N2CCCc3c2cnc2cc(Cl)nn32)cc1)C(F)(F)F. The van der Waals surface area contributed by atoms with Crippen LogP contribution < -0.4 is 4.90 Å². The van der Waals surface area contributed by atoms with E-state index in [0.717, 1.165) is 29.1 Å². The van der Waals surface area contributed by atoms with Gasteiger partial charge in [0.15, 0.2) is 16.8 Å². The van der Waals surface area contributed by atoms with Crippen LogP contribution in [-0.2, 0) is 21.1 Å². The molecule has 0 bridgehead atoms. The molecule has 13 heteroatoms. The molecular weight excluding hydrogens is 543 g/mol. The van der Waals surface area contributed by atoms with E-state index in [0.29, 0.717) is 23.0 Å². The van der Waals surface area contributed by atoms with E-state index < -0.39 is 33.9 Å². The van der Waals surface area contributed by atoms with Gasteiger partial charge in [0.2, 0.25) is 5.91 Å². The minimum atomic E-state index is -4.71. The van der Waals surface area contributed by atoms with Crippen molar-refractivity contribution in [2.24, 2.45) is 5.92 Å². The van der Waals surface area contributed by atoms with E-state index >= 15 is 0 Å². The smallest absolute Gasteiger partial charge is 0.339 e. The van der Waals surface area contributed by atoms with E-state index in [9.17, 15) is 26.4 Å². The van der Waals surface area contributed by atoms with Crippen molar-refractivity contribution in [3.63, 3.8) is 0 Å². The fraction of sp³-hybridized carbons (Fsp3) is 0.480. The third-order valence-electron chi connectivity index (χ3n) is 7.29. The quantitative estimate of drug-likeness (QED) is 0.441. The van der Waals surface area contributed by atoms with E-state index in [2.05, 4.69) is 10.1 Å². The molecule has 2 aliphatic heterocycles. The number of nitrogens with zero attached hydrogens (tertiary/aromatic N) is 5. The summed E-state index contributed by atoms with van der Waals surface area (Å²) < 4.78 is 68.3. The van der Waals surface area contributed by atoms with Crippen LogP contribution in [0.2, 0.25) is 5.15 Å². The normalized spacial score (nSPS) is 18.8. The zero-order chi connectivity index (χ0) is 27.2. The Bertz CT molecular complexity index is 1450. The zero-order valence-corrected chi connectivity index (χ0v) is 22.2. The molecule has 0 spiro atoms. The predicted octanol–water partition coefficient (Wildman–Crippen LogP) is 4.74. The molecule has 0 saturated carbocycles. The number of aryl methyl sites for hydroxylation is 1. The van der Waals surface area contributed by atoms with Crippen LogP contribution in [0.3, 0.4) is 0 Å². The summed E-state index contributed by atoms with van der Waals surface area (Å²) in [4.78, 5) is 20.4. The van der Waals surface area contributed by atoms with Crippen molar-refractivity contribution in [2.75, 3.05) is 29.5 Å². The van der Waals surface area contributed by atoms with Gasteiger partial charge in [-0.2, -0.15) is 18.3 Å². The molecule has 4 heterocycles. The largest absolute Gasteiger partial charge is 0.413 e. The third-order valence-corrected chi connectivity index (χ3v) is 9.19. The summed E-state index contributed by atoms with van der Waals surface area (Å²) >= 11 is 6.05. The van der Waals surface area contributed by atoms with Crippen LogP contribution in [0.1, 0.15) is 43.5 Å². The van der Waals surface area contributed by atoms with Crippen LogP contribution in [0.25, 0.3) is 5.65 Å². The number of fused-ring (bicyclic) bond motifs is 3. The van der Waals surface area contributed by atoms with Crippen molar-refractivity contribution in [1.82, 2.24) is 19.5 Å². The summed E-state index contributed by atoms with van der Waals surface area (Å²) in [6.45, 7) is 2.01. The Morgan fingerprint density at radius 3 is 2.53 bits per heavy atom. The molecule has 1 fully saturated rings. The van der Waals surface area contributed by atoms with E-state index in [1.165, 1.54) is 19.1 Å². The maximum atomic E-state index is 14.4. The number of hydrogen-bond acceptors (Lipinski definition) is 6. The monoisotopic (exact) mass is 569 g/mol. The first-order valence-corrected chi connectivity index (χ1v) is 14.7. The Morgan fingerprint density at radius 1 is 1.21 bits per heavy atom. The van der Waals surface area contributed by atoms with Gasteiger partial charge in [-0.25, -0.2) is 17.9 Å². The molecule has 5 rings (SSSR count). The van der Waals surface area contributed by atoms with Crippen LogP contribution in [0.4, 0.5) is 24.5 Å². The van der Waals surface area contributed by atoms with Crippen molar-refractivity contribution >= 4 is 44.4 Å². The van der Waals surface area contributed by atoms with Crippen LogP contribution in [0.15, 0.2) is 36.5 Å². The van der Waals surface area contributed by atoms with Gasteiger partial charge in [0.05, 0.1) is 29.1 Å². The van der Waals surface area contributed by atoms with Gasteiger partial charge in [-0.1, -0.05) is 23.7 Å². The number of anilines is 2. The first-order chi connectivity index (χ1) is 18.0. The van der Waals surface area contributed by atoms with Crippen LogP contribution in [-0.4, -0.2) is 64.6 Å². The van der Waals surface area contributed by atoms with Gasteiger partial charge in [-0.3, -0.25) is 4.79 Å². The van der Waals surface area contributed by atoms with Gasteiger partial charge in [0, 0.05) is 30.8 Å². The first-order valence-electron chi connectivity index (χ1n) is 12.5. The molecule has 1 saturated heterocycles. The lowest BCUT2D eigenvalue weighted by Gasteiger charge is -2.36. The van der Waals surface area contributed by atoms with E-state index in [-0.39, 0.29) is 36.5 Å². The minimum absolute atomic E-state index is 0.0400. The zero-order valence-electron chi connectivity index (χ0n) is 20.7. The van der Waals surface area contributed by atoms with Crippen LogP contribution in [0, 0.1) is 5.92 Å². The number of halogens is 4. The molecule has 1 amide bonds. The fourth-order valence-corrected chi connectivity index (χ4v) is 7.08. The van der Waals surface area contributed by atoms with Gasteiger partial charge >= 0.3 is 6.18 Å². The lowest BCUT2D eigenvalue weighted by atomic mass is 9.97. The molecule has 3 aromatic rings. The number of aromatic nitrogens is 3. The molecule has 0 aliphatic carbocycles. The number of hydrogen-bond donors (Lipinski definition) is 0. The predicted molar refractivity (Wildman–Crippen MR) is 137 cm³/mol. The highest BCUT2D eigenvalue weighted by atomic mass is 35.5. The van der Waals surface area contributed by atoms with Crippen molar-refractivity contribution in [2.45, 2.75) is 44.8 Å². The summed E-state index contributed by atoms with van der Waals surface area (Å²) in [7, 11) is -3.24. The Hall–Kier alpha value is -2.86. The van der Waals surface area contributed by atoms with E-state index in [4.69, 9.17) is 11.6 Å². The number of benzene rings is 1. The molecule has 8 nitrogen and oxygen atoms in total. The van der Waals surface area contributed by atoms with E-state index in [1.807, 2.05) is 4.90 Å². The number of amides is 1. The summed E-state index contributed by atoms with van der Waals surface area (Å²) in [5.41, 5.74) is 2.99. The van der Waals surface area contributed by atoms with Crippen molar-refractivity contribution in [3.8, 4) is 0 Å². The summed E-state index contributed by atoms with van der Waals surface area (Å²) in [6.07, 6.45) is -1.34. The Kier molecular flexibility index (Phi) is 7.06. The number of sulfone groups is 1. The molecule has 0 unspecified atom stereocenters. The molecule has 0 N–H and O–H groups in total. The molecular formula is C25H27ClF3N5O3S. The van der Waals surface area contributed by atoms with Gasteiger partial charge in [-0.05, 0) is 50.3 Å². The average molecular weight is 570 g/mol. The summed E-state index contributed by atoms with van der Waals surface area (Å²) in [6, 6.07) is 5.58. The number of alkyl halides is 3. The first kappa shape index (κ1) is 26.7. The van der Waals surface area contributed by atoms with Gasteiger partial charge in [0.1, 0.15) is 9.84 Å². The highest BCUT2D eigenvalue weighted by Crippen LogP contribution is 2.41. The van der Waals surface area contributed by atoms with Crippen LogP contribution in [0.5, 0.6) is 0 Å². The maximum Gasteiger partial charge on any atom is 0.413 e.